The smallest absolute Gasteiger partial charge is 0.243 e. The summed E-state index contributed by atoms with van der Waals surface area (Å²) in [7, 11) is -3.63. The number of piperazine rings is 1. The Kier molecular flexibility index (Phi) is 6.38. The van der Waals surface area contributed by atoms with Crippen molar-refractivity contribution < 1.29 is 27.8 Å². The predicted molar refractivity (Wildman–Crippen MR) is 114 cm³/mol. The van der Waals surface area contributed by atoms with Crippen LogP contribution in [0.1, 0.15) is 11.1 Å². The first-order valence-electron chi connectivity index (χ1n) is 9.98. The first-order chi connectivity index (χ1) is 15.0. The fourth-order valence-corrected chi connectivity index (χ4v) is 5.07. The quantitative estimate of drug-likeness (QED) is 0.647. The third-order valence-electron chi connectivity index (χ3n) is 5.29. The summed E-state index contributed by atoms with van der Waals surface area (Å²) in [6.07, 6.45) is 2.74. The molecule has 0 bridgehead atoms. The van der Waals surface area contributed by atoms with E-state index in [0.717, 1.165) is 17.1 Å². The summed E-state index contributed by atoms with van der Waals surface area (Å²) >= 11 is 0. The van der Waals surface area contributed by atoms with E-state index in [0.29, 0.717) is 38.3 Å². The van der Waals surface area contributed by atoms with Gasteiger partial charge in [-0.15, -0.1) is 0 Å². The van der Waals surface area contributed by atoms with Crippen LogP contribution in [0.4, 0.5) is 0 Å². The molecule has 0 unspecified atom stereocenters. The first kappa shape index (κ1) is 21.5. The third kappa shape index (κ3) is 4.96. The molecule has 0 radical (unpaired) electrons. The van der Waals surface area contributed by atoms with Crippen molar-refractivity contribution in [1.82, 2.24) is 9.21 Å². The molecule has 164 valence electrons. The number of ketones is 1. The van der Waals surface area contributed by atoms with Gasteiger partial charge in [-0.25, -0.2) is 8.42 Å². The zero-order valence-corrected chi connectivity index (χ0v) is 17.8. The van der Waals surface area contributed by atoms with E-state index in [-0.39, 0.29) is 11.7 Å². The van der Waals surface area contributed by atoms with E-state index in [1.165, 1.54) is 22.5 Å². The van der Waals surface area contributed by atoms with Gasteiger partial charge in [0.1, 0.15) is 6.61 Å². The van der Waals surface area contributed by atoms with Crippen molar-refractivity contribution in [3.8, 4) is 11.5 Å². The molecule has 4 rings (SSSR count). The van der Waals surface area contributed by atoms with Crippen LogP contribution in [0, 0.1) is 0 Å². The zero-order chi connectivity index (χ0) is 21.8. The highest BCUT2D eigenvalue weighted by molar-refractivity contribution is 7.89. The fourth-order valence-electron chi connectivity index (χ4n) is 3.60. The van der Waals surface area contributed by atoms with Crippen molar-refractivity contribution >= 4 is 21.9 Å². The molecule has 1 N–H and O–H groups in total. The van der Waals surface area contributed by atoms with Gasteiger partial charge in [-0.1, -0.05) is 24.3 Å². The molecule has 2 aromatic rings. The highest BCUT2D eigenvalue weighted by atomic mass is 32.2. The number of hydrogen-bond donors (Lipinski definition) is 1. The topological polar surface area (TPSA) is 96.4 Å². The van der Waals surface area contributed by atoms with E-state index in [2.05, 4.69) is 4.90 Å². The van der Waals surface area contributed by atoms with Gasteiger partial charge in [0.05, 0.1) is 4.90 Å². The molecular formula is C22H24N2O6S. The standard InChI is InChI=1S/C22H24N2O6S/c25-15-19(26)6-4-17-2-1-3-20(12-17)31(27,28)24-10-8-23(9-11-24)14-18-5-7-21-22(13-18)30-16-29-21/h1-7,12-13,25H,8-11,14-16H2/b6-4+. The van der Waals surface area contributed by atoms with Gasteiger partial charge in [-0.05, 0) is 41.5 Å². The Bertz CT molecular complexity index is 1090. The second-order valence-corrected chi connectivity index (χ2v) is 9.34. The van der Waals surface area contributed by atoms with Crippen molar-refractivity contribution in [2.45, 2.75) is 11.4 Å². The van der Waals surface area contributed by atoms with Gasteiger partial charge in [-0.3, -0.25) is 9.69 Å². The molecule has 2 aromatic carbocycles. The Balaban J connectivity index is 1.39. The summed E-state index contributed by atoms with van der Waals surface area (Å²) in [5, 5.41) is 8.80. The van der Waals surface area contributed by atoms with Crippen LogP contribution in [0.25, 0.3) is 6.08 Å². The van der Waals surface area contributed by atoms with Crippen molar-refractivity contribution in [1.29, 1.82) is 0 Å². The number of nitrogens with zero attached hydrogens (tertiary/aromatic N) is 2. The number of benzene rings is 2. The monoisotopic (exact) mass is 444 g/mol. The number of fused-ring (bicyclic) bond motifs is 1. The molecule has 2 aliphatic rings. The summed E-state index contributed by atoms with van der Waals surface area (Å²) in [6, 6.07) is 12.3. The van der Waals surface area contributed by atoms with Crippen molar-refractivity contribution in [2.24, 2.45) is 0 Å². The fraction of sp³-hybridized carbons (Fsp3) is 0.318. The van der Waals surface area contributed by atoms with Crippen LogP contribution in [0.2, 0.25) is 0 Å². The number of ether oxygens (including phenoxy) is 2. The Morgan fingerprint density at radius 3 is 2.58 bits per heavy atom. The van der Waals surface area contributed by atoms with E-state index in [4.69, 9.17) is 14.6 Å². The third-order valence-corrected chi connectivity index (χ3v) is 7.18. The predicted octanol–water partition coefficient (Wildman–Crippen LogP) is 1.50. The molecule has 1 fully saturated rings. The lowest BCUT2D eigenvalue weighted by Gasteiger charge is -2.34. The number of sulfonamides is 1. The largest absolute Gasteiger partial charge is 0.454 e. The van der Waals surface area contributed by atoms with E-state index in [1.807, 2.05) is 18.2 Å². The van der Waals surface area contributed by atoms with E-state index in [9.17, 15) is 13.2 Å². The molecule has 8 nitrogen and oxygen atoms in total. The minimum absolute atomic E-state index is 0.190. The Labute approximate surface area is 181 Å². The molecule has 0 spiro atoms. The minimum Gasteiger partial charge on any atom is -0.454 e. The van der Waals surface area contributed by atoms with Crippen LogP contribution >= 0.6 is 0 Å². The van der Waals surface area contributed by atoms with Gasteiger partial charge in [0.15, 0.2) is 17.3 Å². The molecule has 0 aliphatic carbocycles. The maximum Gasteiger partial charge on any atom is 0.243 e. The Morgan fingerprint density at radius 2 is 1.81 bits per heavy atom. The number of carbonyl (C=O) groups excluding carboxylic acids is 1. The molecule has 0 atom stereocenters. The lowest BCUT2D eigenvalue weighted by molar-refractivity contribution is -0.117. The average molecular weight is 445 g/mol. The van der Waals surface area contributed by atoms with Crippen molar-refractivity contribution in [3.05, 3.63) is 59.7 Å². The van der Waals surface area contributed by atoms with Gasteiger partial charge in [0, 0.05) is 32.7 Å². The van der Waals surface area contributed by atoms with E-state index in [1.54, 1.807) is 18.2 Å². The van der Waals surface area contributed by atoms with Gasteiger partial charge in [-0.2, -0.15) is 4.31 Å². The summed E-state index contributed by atoms with van der Waals surface area (Å²) < 4.78 is 38.4. The van der Waals surface area contributed by atoms with Crippen LogP contribution < -0.4 is 9.47 Å². The van der Waals surface area contributed by atoms with Crippen LogP contribution in [0.3, 0.4) is 0 Å². The maximum absolute atomic E-state index is 13.1. The maximum atomic E-state index is 13.1. The minimum atomic E-state index is -3.63. The lowest BCUT2D eigenvalue weighted by Crippen LogP contribution is -2.48. The molecule has 0 amide bonds. The summed E-state index contributed by atoms with van der Waals surface area (Å²) in [5.74, 6) is 1.05. The summed E-state index contributed by atoms with van der Waals surface area (Å²) in [5.41, 5.74) is 1.68. The SMILES string of the molecule is O=C(/C=C/c1cccc(S(=O)(=O)N2CCN(Cc3ccc4c(c3)OCO4)CC2)c1)CO. The van der Waals surface area contributed by atoms with Gasteiger partial charge in [0.25, 0.3) is 0 Å². The Morgan fingerprint density at radius 1 is 1.03 bits per heavy atom. The number of rotatable bonds is 7. The van der Waals surface area contributed by atoms with Crippen LogP contribution in [0.15, 0.2) is 53.4 Å². The summed E-state index contributed by atoms with van der Waals surface area (Å²) in [4.78, 5) is 13.7. The molecule has 2 heterocycles. The molecule has 1 saturated heterocycles. The molecule has 31 heavy (non-hydrogen) atoms. The number of hydrogen-bond acceptors (Lipinski definition) is 7. The van der Waals surface area contributed by atoms with Crippen molar-refractivity contribution in [3.63, 3.8) is 0 Å². The van der Waals surface area contributed by atoms with E-state index < -0.39 is 22.4 Å². The van der Waals surface area contributed by atoms with Crippen LogP contribution in [-0.4, -0.2) is 68.1 Å². The van der Waals surface area contributed by atoms with Gasteiger partial charge < -0.3 is 14.6 Å². The average Bonchev–Trinajstić information content (AvgIpc) is 3.26. The molecule has 0 saturated carbocycles. The molecular weight excluding hydrogens is 420 g/mol. The highest BCUT2D eigenvalue weighted by Gasteiger charge is 2.28. The number of carbonyl (C=O) groups is 1. The van der Waals surface area contributed by atoms with Crippen LogP contribution in [0.5, 0.6) is 11.5 Å². The van der Waals surface area contributed by atoms with E-state index >= 15 is 0 Å². The molecule has 9 heteroatoms. The lowest BCUT2D eigenvalue weighted by atomic mass is 10.2. The number of aliphatic hydroxyl groups is 1. The van der Waals surface area contributed by atoms with Gasteiger partial charge in [0.2, 0.25) is 16.8 Å². The van der Waals surface area contributed by atoms with Gasteiger partial charge >= 0.3 is 0 Å². The molecule has 2 aliphatic heterocycles. The highest BCUT2D eigenvalue weighted by Crippen LogP contribution is 2.33. The first-order valence-corrected chi connectivity index (χ1v) is 11.4. The normalized spacial score (nSPS) is 17.3. The summed E-state index contributed by atoms with van der Waals surface area (Å²) in [6.45, 7) is 2.42. The van der Waals surface area contributed by atoms with Crippen molar-refractivity contribution in [2.75, 3.05) is 39.6 Å². The second-order valence-electron chi connectivity index (χ2n) is 7.40. The zero-order valence-electron chi connectivity index (χ0n) is 16.9. The second kappa shape index (κ2) is 9.19. The number of aliphatic hydroxyl groups excluding tert-OH is 1. The van der Waals surface area contributed by atoms with Crippen LogP contribution in [-0.2, 0) is 21.4 Å². The Hall–Kier alpha value is -2.72. The molecule has 0 aromatic heterocycles.